The standard InChI is InChI=1S/C10H11F3S.C9H12/c1-7(2)8-4-3-5-9(6-8)14-10(11,12)13;1-8(2)9-6-4-3-5-7-9/h3-7H,1-2H3;3-8H,1-2H3. The van der Waals surface area contributed by atoms with Crippen LogP contribution in [-0.4, -0.2) is 5.51 Å². The van der Waals surface area contributed by atoms with Crippen molar-refractivity contribution in [3.8, 4) is 0 Å². The van der Waals surface area contributed by atoms with Gasteiger partial charge >= 0.3 is 5.51 Å². The molecule has 2 aromatic rings. The molecule has 0 aliphatic carbocycles. The van der Waals surface area contributed by atoms with Gasteiger partial charge in [0.1, 0.15) is 0 Å². The van der Waals surface area contributed by atoms with E-state index in [0.717, 1.165) is 5.56 Å². The maximum absolute atomic E-state index is 12.0. The molecule has 0 atom stereocenters. The molecule has 0 saturated heterocycles. The zero-order valence-corrected chi connectivity index (χ0v) is 14.7. The van der Waals surface area contributed by atoms with Crippen LogP contribution in [-0.2, 0) is 0 Å². The number of benzene rings is 2. The fraction of sp³-hybridized carbons (Fsp3) is 0.368. The molecule has 0 amide bonds. The van der Waals surface area contributed by atoms with Crippen LogP contribution in [0, 0.1) is 0 Å². The highest BCUT2D eigenvalue weighted by molar-refractivity contribution is 8.00. The van der Waals surface area contributed by atoms with Gasteiger partial charge < -0.3 is 0 Å². The Bertz CT molecular complexity index is 575. The predicted octanol–water partition coefficient (Wildman–Crippen LogP) is 7.23. The molecule has 0 radical (unpaired) electrons. The van der Waals surface area contributed by atoms with Crippen molar-refractivity contribution in [1.29, 1.82) is 0 Å². The van der Waals surface area contributed by atoms with Crippen molar-refractivity contribution in [2.24, 2.45) is 0 Å². The zero-order chi connectivity index (χ0) is 17.5. The van der Waals surface area contributed by atoms with Gasteiger partial charge in [-0.25, -0.2) is 0 Å². The Kier molecular flexibility index (Phi) is 7.69. The SMILES string of the molecule is CC(C)c1cccc(SC(F)(F)F)c1.CC(C)c1ccccc1. The lowest BCUT2D eigenvalue weighted by molar-refractivity contribution is -0.0328. The number of halogens is 3. The fourth-order valence-corrected chi connectivity index (χ4v) is 2.52. The fourth-order valence-electron chi connectivity index (χ4n) is 1.91. The molecule has 2 rings (SSSR count). The Hall–Kier alpha value is -1.42. The maximum Gasteiger partial charge on any atom is 0.446 e. The van der Waals surface area contributed by atoms with E-state index in [-0.39, 0.29) is 22.6 Å². The summed E-state index contributed by atoms with van der Waals surface area (Å²) in [6, 6.07) is 17.1. The van der Waals surface area contributed by atoms with Gasteiger partial charge in [0.25, 0.3) is 0 Å². The summed E-state index contributed by atoms with van der Waals surface area (Å²) < 4.78 is 36.1. The first-order valence-electron chi connectivity index (χ1n) is 7.59. The number of hydrogen-bond donors (Lipinski definition) is 0. The second-order valence-corrected chi connectivity index (χ2v) is 6.98. The largest absolute Gasteiger partial charge is 0.446 e. The van der Waals surface area contributed by atoms with Crippen molar-refractivity contribution < 1.29 is 13.2 Å². The van der Waals surface area contributed by atoms with Gasteiger partial charge in [-0.15, -0.1) is 0 Å². The molecular formula is C19H23F3S. The average Bonchev–Trinajstić information content (AvgIpc) is 2.47. The van der Waals surface area contributed by atoms with Gasteiger partial charge in [0.05, 0.1) is 0 Å². The van der Waals surface area contributed by atoms with E-state index in [9.17, 15) is 13.2 Å². The number of thioether (sulfide) groups is 1. The minimum atomic E-state index is -4.20. The Morgan fingerprint density at radius 3 is 1.70 bits per heavy atom. The summed E-state index contributed by atoms with van der Waals surface area (Å²) in [5, 5.41) is 0. The van der Waals surface area contributed by atoms with Gasteiger partial charge in [0.2, 0.25) is 0 Å². The number of hydrogen-bond acceptors (Lipinski definition) is 1. The number of rotatable bonds is 3. The van der Waals surface area contributed by atoms with Crippen molar-refractivity contribution >= 4 is 11.8 Å². The molecule has 4 heteroatoms. The van der Waals surface area contributed by atoms with Crippen molar-refractivity contribution in [2.75, 3.05) is 0 Å². The molecular weight excluding hydrogens is 317 g/mol. The van der Waals surface area contributed by atoms with Crippen LogP contribution in [0.5, 0.6) is 0 Å². The minimum Gasteiger partial charge on any atom is -0.160 e. The summed E-state index contributed by atoms with van der Waals surface area (Å²) in [7, 11) is 0. The summed E-state index contributed by atoms with van der Waals surface area (Å²) in [5.74, 6) is 0.912. The summed E-state index contributed by atoms with van der Waals surface area (Å²) >= 11 is -0.0677. The van der Waals surface area contributed by atoms with Crippen LogP contribution >= 0.6 is 11.8 Å². The van der Waals surface area contributed by atoms with Crippen LogP contribution in [0.1, 0.15) is 50.7 Å². The molecule has 126 valence electrons. The second kappa shape index (κ2) is 9.02. The van der Waals surface area contributed by atoms with Gasteiger partial charge in [0, 0.05) is 4.90 Å². The van der Waals surface area contributed by atoms with E-state index in [1.54, 1.807) is 12.1 Å². The Morgan fingerprint density at radius 1 is 0.739 bits per heavy atom. The molecule has 0 spiro atoms. The molecule has 0 aromatic heterocycles. The summed E-state index contributed by atoms with van der Waals surface area (Å²) in [5.41, 5.74) is -1.85. The highest BCUT2D eigenvalue weighted by Crippen LogP contribution is 2.37. The van der Waals surface area contributed by atoms with Crippen molar-refractivity contribution in [2.45, 2.75) is 49.9 Å². The van der Waals surface area contributed by atoms with Crippen LogP contribution in [0.2, 0.25) is 0 Å². The van der Waals surface area contributed by atoms with E-state index in [1.807, 2.05) is 26.0 Å². The van der Waals surface area contributed by atoms with E-state index < -0.39 is 5.51 Å². The Morgan fingerprint density at radius 2 is 1.26 bits per heavy atom. The molecule has 0 nitrogen and oxygen atoms in total. The first-order valence-corrected chi connectivity index (χ1v) is 8.41. The smallest absolute Gasteiger partial charge is 0.160 e. The van der Waals surface area contributed by atoms with Crippen LogP contribution in [0.15, 0.2) is 59.5 Å². The van der Waals surface area contributed by atoms with E-state index >= 15 is 0 Å². The maximum atomic E-state index is 12.0. The number of alkyl halides is 3. The third-order valence-electron chi connectivity index (χ3n) is 3.22. The van der Waals surface area contributed by atoms with E-state index in [1.165, 1.54) is 11.6 Å². The van der Waals surface area contributed by atoms with Crippen LogP contribution < -0.4 is 0 Å². The van der Waals surface area contributed by atoms with Crippen molar-refractivity contribution in [3.05, 3.63) is 65.7 Å². The molecule has 23 heavy (non-hydrogen) atoms. The molecule has 0 bridgehead atoms. The van der Waals surface area contributed by atoms with Gasteiger partial charge in [-0.2, -0.15) is 13.2 Å². The minimum absolute atomic E-state index is 0.0677. The zero-order valence-electron chi connectivity index (χ0n) is 13.9. The molecule has 0 saturated carbocycles. The van der Waals surface area contributed by atoms with Crippen LogP contribution in [0.25, 0.3) is 0 Å². The molecule has 0 aliphatic rings. The summed E-state index contributed by atoms with van der Waals surface area (Å²) in [4.78, 5) is 0.253. The van der Waals surface area contributed by atoms with Gasteiger partial charge in [-0.3, -0.25) is 0 Å². The van der Waals surface area contributed by atoms with Crippen LogP contribution in [0.3, 0.4) is 0 Å². The third-order valence-corrected chi connectivity index (χ3v) is 3.95. The molecule has 0 unspecified atom stereocenters. The van der Waals surface area contributed by atoms with E-state index in [2.05, 4.69) is 38.1 Å². The third kappa shape index (κ3) is 8.12. The topological polar surface area (TPSA) is 0 Å². The van der Waals surface area contributed by atoms with Gasteiger partial charge in [-0.1, -0.05) is 70.2 Å². The Labute approximate surface area is 141 Å². The van der Waals surface area contributed by atoms with Gasteiger partial charge in [-0.05, 0) is 46.9 Å². The molecule has 0 aliphatic heterocycles. The molecule has 2 aromatic carbocycles. The van der Waals surface area contributed by atoms with E-state index in [4.69, 9.17) is 0 Å². The second-order valence-electron chi connectivity index (χ2n) is 5.84. The average molecular weight is 340 g/mol. The lowest BCUT2D eigenvalue weighted by Gasteiger charge is -2.09. The van der Waals surface area contributed by atoms with Crippen LogP contribution in [0.4, 0.5) is 13.2 Å². The van der Waals surface area contributed by atoms with E-state index in [0.29, 0.717) is 5.92 Å². The molecule has 0 fully saturated rings. The molecule has 0 N–H and O–H groups in total. The van der Waals surface area contributed by atoms with Crippen molar-refractivity contribution in [1.82, 2.24) is 0 Å². The highest BCUT2D eigenvalue weighted by Gasteiger charge is 2.29. The quantitative estimate of drug-likeness (QED) is 0.531. The lowest BCUT2D eigenvalue weighted by Crippen LogP contribution is -1.99. The molecule has 0 heterocycles. The highest BCUT2D eigenvalue weighted by atomic mass is 32.2. The normalized spacial score (nSPS) is 11.3. The monoisotopic (exact) mass is 340 g/mol. The summed E-state index contributed by atoms with van der Waals surface area (Å²) in [6.45, 7) is 8.32. The lowest BCUT2D eigenvalue weighted by atomic mass is 10.0. The first kappa shape index (κ1) is 19.6. The predicted molar refractivity (Wildman–Crippen MR) is 93.0 cm³/mol. The first-order chi connectivity index (χ1) is 10.7. The van der Waals surface area contributed by atoms with Crippen molar-refractivity contribution in [3.63, 3.8) is 0 Å². The Balaban J connectivity index is 0.000000253. The van der Waals surface area contributed by atoms with Gasteiger partial charge in [0.15, 0.2) is 0 Å². The summed E-state index contributed by atoms with van der Waals surface area (Å²) in [6.07, 6.45) is 0.